The summed E-state index contributed by atoms with van der Waals surface area (Å²) in [5, 5.41) is 18.6. The Balaban J connectivity index is 1.67. The van der Waals surface area contributed by atoms with Gasteiger partial charge < -0.3 is 14.9 Å². The molecule has 1 saturated heterocycles. The van der Waals surface area contributed by atoms with E-state index in [1.807, 2.05) is 24.3 Å². The van der Waals surface area contributed by atoms with Crippen molar-refractivity contribution < 1.29 is 29.3 Å². The van der Waals surface area contributed by atoms with Gasteiger partial charge in [-0.3, -0.25) is 9.69 Å². The molecule has 0 unspecified atom stereocenters. The number of carbonyl (C=O) groups excluding carboxylic acids is 1. The van der Waals surface area contributed by atoms with Crippen molar-refractivity contribution in [3.05, 3.63) is 64.1 Å². The molecule has 2 aromatic rings. The first-order chi connectivity index (χ1) is 16.8. The molecule has 0 bridgehead atoms. The smallest absolute Gasteiger partial charge is 0.335 e. The van der Waals surface area contributed by atoms with Crippen molar-refractivity contribution in [2.75, 3.05) is 11.5 Å². The fraction of sp³-hybridized carbons (Fsp3) is 0.308. The van der Waals surface area contributed by atoms with Gasteiger partial charge in [0.05, 0.1) is 28.3 Å². The third-order valence-electron chi connectivity index (χ3n) is 5.41. The molecule has 0 aromatic heterocycles. The van der Waals surface area contributed by atoms with Crippen LogP contribution in [0.5, 0.6) is 5.75 Å². The molecule has 0 aliphatic carbocycles. The van der Waals surface area contributed by atoms with E-state index in [4.69, 9.17) is 17.0 Å². The predicted octanol–water partition coefficient (Wildman–Crippen LogP) is 6.23. The number of rotatable bonds is 12. The lowest BCUT2D eigenvalue weighted by Gasteiger charge is -2.16. The molecule has 0 spiro atoms. The second-order valence-corrected chi connectivity index (χ2v) is 9.76. The van der Waals surface area contributed by atoms with Crippen molar-refractivity contribution in [3.63, 3.8) is 0 Å². The summed E-state index contributed by atoms with van der Waals surface area (Å²) in [6, 6.07) is 10.9. The zero-order valence-corrected chi connectivity index (χ0v) is 21.0. The first kappa shape index (κ1) is 26.4. The van der Waals surface area contributed by atoms with Crippen LogP contribution in [0.15, 0.2) is 47.4 Å². The summed E-state index contributed by atoms with van der Waals surface area (Å²) in [6.07, 6.45) is 8.87. The first-order valence-electron chi connectivity index (χ1n) is 11.4. The number of amides is 1. The standard InChI is InChI=1S/C26H27NO6S2/c1-2-3-4-5-6-7-12-33-21-10-8-17(9-11-21)13-22-23(28)27(26(34)35-22)20-15-18(24(29)30)14-19(16-20)25(31)32/h8-11,13-16H,2-7,12H2,1H3,(H,29,30)(H,31,32). The van der Waals surface area contributed by atoms with Gasteiger partial charge in [-0.05, 0) is 48.4 Å². The van der Waals surface area contributed by atoms with Gasteiger partial charge in [-0.25, -0.2) is 9.59 Å². The van der Waals surface area contributed by atoms with Crippen LogP contribution in [-0.4, -0.2) is 39.0 Å². The molecular formula is C26H27NO6S2. The number of carboxylic acids is 2. The van der Waals surface area contributed by atoms with Crippen molar-refractivity contribution >= 4 is 57.9 Å². The second-order valence-electron chi connectivity index (χ2n) is 8.08. The van der Waals surface area contributed by atoms with E-state index in [-0.39, 0.29) is 21.1 Å². The van der Waals surface area contributed by atoms with Gasteiger partial charge in [-0.15, -0.1) is 0 Å². The number of thiocarbonyl (C=S) groups is 1. The number of anilines is 1. The summed E-state index contributed by atoms with van der Waals surface area (Å²) < 4.78 is 5.99. The first-order valence-corrected chi connectivity index (χ1v) is 12.6. The maximum atomic E-state index is 13.0. The lowest BCUT2D eigenvalue weighted by molar-refractivity contribution is -0.113. The van der Waals surface area contributed by atoms with E-state index in [0.717, 1.165) is 46.9 Å². The molecule has 35 heavy (non-hydrogen) atoms. The maximum absolute atomic E-state index is 13.0. The summed E-state index contributed by atoms with van der Waals surface area (Å²) in [5.74, 6) is -2.28. The van der Waals surface area contributed by atoms with Crippen LogP contribution >= 0.6 is 24.0 Å². The highest BCUT2D eigenvalue weighted by Crippen LogP contribution is 2.37. The Labute approximate surface area is 213 Å². The molecule has 3 rings (SSSR count). The number of hydrogen-bond acceptors (Lipinski definition) is 6. The fourth-order valence-electron chi connectivity index (χ4n) is 3.56. The van der Waals surface area contributed by atoms with Crippen LogP contribution in [0.25, 0.3) is 6.08 Å². The molecule has 1 heterocycles. The number of carboxylic acid groups (broad SMARTS) is 2. The fourth-order valence-corrected chi connectivity index (χ4v) is 4.86. The molecule has 0 radical (unpaired) electrons. The zero-order valence-electron chi connectivity index (χ0n) is 19.4. The van der Waals surface area contributed by atoms with Crippen LogP contribution in [0.4, 0.5) is 5.69 Å². The molecule has 2 aromatic carbocycles. The van der Waals surface area contributed by atoms with E-state index in [1.54, 1.807) is 6.08 Å². The molecule has 1 amide bonds. The number of unbranched alkanes of at least 4 members (excludes halogenated alkanes) is 5. The minimum atomic E-state index is -1.30. The number of ether oxygens (including phenoxy) is 1. The summed E-state index contributed by atoms with van der Waals surface area (Å²) in [6.45, 7) is 2.86. The minimum Gasteiger partial charge on any atom is -0.494 e. The van der Waals surface area contributed by atoms with Gasteiger partial charge in [-0.2, -0.15) is 0 Å². The van der Waals surface area contributed by atoms with Gasteiger partial charge in [-0.1, -0.05) is 75.1 Å². The van der Waals surface area contributed by atoms with Crippen molar-refractivity contribution in [2.45, 2.75) is 45.4 Å². The predicted molar refractivity (Wildman–Crippen MR) is 141 cm³/mol. The lowest BCUT2D eigenvalue weighted by Crippen LogP contribution is -2.28. The molecule has 1 aliphatic rings. The van der Waals surface area contributed by atoms with Crippen LogP contribution in [0.1, 0.15) is 71.7 Å². The van der Waals surface area contributed by atoms with E-state index < -0.39 is 17.8 Å². The molecule has 2 N–H and O–H groups in total. The van der Waals surface area contributed by atoms with Crippen molar-refractivity contribution in [3.8, 4) is 5.75 Å². The Morgan fingerprint density at radius 1 is 0.971 bits per heavy atom. The van der Waals surface area contributed by atoms with Crippen LogP contribution < -0.4 is 9.64 Å². The third-order valence-corrected chi connectivity index (χ3v) is 6.71. The SMILES string of the molecule is CCCCCCCCOc1ccc(C=C2SC(=S)N(c3cc(C(=O)O)cc(C(=O)O)c3)C2=O)cc1. The minimum absolute atomic E-state index is 0.103. The van der Waals surface area contributed by atoms with Gasteiger partial charge in [0.25, 0.3) is 5.91 Å². The van der Waals surface area contributed by atoms with Gasteiger partial charge in [0.1, 0.15) is 5.75 Å². The Bertz CT molecular complexity index is 1110. The van der Waals surface area contributed by atoms with Gasteiger partial charge in [0.15, 0.2) is 4.32 Å². The Morgan fingerprint density at radius 3 is 2.17 bits per heavy atom. The number of nitrogens with zero attached hydrogens (tertiary/aromatic N) is 1. The number of carbonyl (C=O) groups is 3. The lowest BCUT2D eigenvalue weighted by atomic mass is 10.1. The highest BCUT2D eigenvalue weighted by Gasteiger charge is 2.34. The van der Waals surface area contributed by atoms with Crippen molar-refractivity contribution in [2.24, 2.45) is 0 Å². The van der Waals surface area contributed by atoms with Gasteiger partial charge in [0.2, 0.25) is 0 Å². The molecular weight excluding hydrogens is 486 g/mol. The summed E-state index contributed by atoms with van der Waals surface area (Å²) in [5.41, 5.74) is 0.401. The molecule has 1 fully saturated rings. The Hall–Kier alpha value is -3.17. The topological polar surface area (TPSA) is 104 Å². The normalized spacial score (nSPS) is 14.5. The van der Waals surface area contributed by atoms with Crippen LogP contribution in [-0.2, 0) is 4.79 Å². The van der Waals surface area contributed by atoms with E-state index in [9.17, 15) is 24.6 Å². The highest BCUT2D eigenvalue weighted by atomic mass is 32.2. The molecule has 7 nitrogen and oxygen atoms in total. The number of hydrogen-bond donors (Lipinski definition) is 2. The largest absolute Gasteiger partial charge is 0.494 e. The van der Waals surface area contributed by atoms with E-state index in [1.165, 1.54) is 37.8 Å². The molecule has 184 valence electrons. The summed E-state index contributed by atoms with van der Waals surface area (Å²) in [7, 11) is 0. The van der Waals surface area contributed by atoms with E-state index >= 15 is 0 Å². The van der Waals surface area contributed by atoms with Gasteiger partial charge in [0, 0.05) is 0 Å². The van der Waals surface area contributed by atoms with Gasteiger partial charge >= 0.3 is 11.9 Å². The molecule has 0 atom stereocenters. The summed E-state index contributed by atoms with van der Waals surface area (Å²) in [4.78, 5) is 37.4. The van der Waals surface area contributed by atoms with Crippen molar-refractivity contribution in [1.29, 1.82) is 0 Å². The Kier molecular flexibility index (Phi) is 9.45. The van der Waals surface area contributed by atoms with Crippen LogP contribution in [0, 0.1) is 0 Å². The highest BCUT2D eigenvalue weighted by molar-refractivity contribution is 8.27. The quantitative estimate of drug-likeness (QED) is 0.196. The monoisotopic (exact) mass is 513 g/mol. The molecule has 9 heteroatoms. The number of thioether (sulfide) groups is 1. The number of benzene rings is 2. The maximum Gasteiger partial charge on any atom is 0.335 e. The molecule has 1 aliphatic heterocycles. The number of aromatic carboxylic acids is 2. The van der Waals surface area contributed by atoms with Crippen LogP contribution in [0.2, 0.25) is 0 Å². The van der Waals surface area contributed by atoms with E-state index in [2.05, 4.69) is 6.92 Å². The third kappa shape index (κ3) is 7.16. The Morgan fingerprint density at radius 2 is 1.57 bits per heavy atom. The molecule has 0 saturated carbocycles. The average Bonchev–Trinajstić information content (AvgIpc) is 3.11. The average molecular weight is 514 g/mol. The second kappa shape index (κ2) is 12.5. The summed E-state index contributed by atoms with van der Waals surface area (Å²) >= 11 is 6.41. The van der Waals surface area contributed by atoms with E-state index in [0.29, 0.717) is 11.5 Å². The van der Waals surface area contributed by atoms with Crippen molar-refractivity contribution in [1.82, 2.24) is 0 Å². The zero-order chi connectivity index (χ0) is 25.4. The van der Waals surface area contributed by atoms with Crippen LogP contribution in [0.3, 0.4) is 0 Å².